The van der Waals surface area contributed by atoms with Gasteiger partial charge in [-0.2, -0.15) is 5.10 Å². The summed E-state index contributed by atoms with van der Waals surface area (Å²) in [4.78, 5) is 26.2. The van der Waals surface area contributed by atoms with Crippen LogP contribution in [0, 0.1) is 0 Å². The van der Waals surface area contributed by atoms with Gasteiger partial charge in [0.15, 0.2) is 0 Å². The molecule has 0 bridgehead atoms. The fraction of sp³-hybridized carbons (Fsp3) is 0.0909. The van der Waals surface area contributed by atoms with E-state index in [1.807, 2.05) is 0 Å². The Balaban J connectivity index is 2.03. The molecule has 0 aliphatic rings. The Bertz CT molecular complexity index is 565. The maximum Gasteiger partial charge on any atom is 0.335 e. The number of carbonyl (C=O) groups is 2. The van der Waals surface area contributed by atoms with E-state index in [1.54, 1.807) is 18.5 Å². The predicted octanol–water partition coefficient (Wildman–Crippen LogP) is 0.615. The van der Waals surface area contributed by atoms with Crippen molar-refractivity contribution in [2.24, 2.45) is 0 Å². The summed E-state index contributed by atoms with van der Waals surface area (Å²) in [7, 11) is 0. The van der Waals surface area contributed by atoms with Gasteiger partial charge >= 0.3 is 5.97 Å². The molecule has 0 aromatic carbocycles. The number of rotatable bonds is 4. The number of aromatic nitrogens is 3. The summed E-state index contributed by atoms with van der Waals surface area (Å²) in [5.74, 6) is -1.19. The van der Waals surface area contributed by atoms with E-state index in [1.165, 1.54) is 23.0 Å². The van der Waals surface area contributed by atoms with Gasteiger partial charge in [0, 0.05) is 18.6 Å². The maximum atomic E-state index is 11.6. The van der Waals surface area contributed by atoms with Gasteiger partial charge in [-0.15, -0.1) is 0 Å². The Morgan fingerprint density at radius 1 is 1.39 bits per heavy atom. The third-order valence-electron chi connectivity index (χ3n) is 2.14. The molecule has 0 radical (unpaired) electrons. The van der Waals surface area contributed by atoms with Crippen molar-refractivity contribution in [3.8, 4) is 0 Å². The second kappa shape index (κ2) is 5.09. The second-order valence-electron chi connectivity index (χ2n) is 3.49. The normalized spacial score (nSPS) is 10.0. The van der Waals surface area contributed by atoms with E-state index >= 15 is 0 Å². The molecule has 2 N–H and O–H groups in total. The van der Waals surface area contributed by atoms with Crippen LogP contribution in [-0.4, -0.2) is 31.7 Å². The third kappa shape index (κ3) is 2.91. The first-order valence-electron chi connectivity index (χ1n) is 5.12. The molecule has 0 saturated carbocycles. The molecule has 2 rings (SSSR count). The molecule has 2 aromatic rings. The fourth-order valence-electron chi connectivity index (χ4n) is 1.36. The number of nitrogens with zero attached hydrogens (tertiary/aromatic N) is 3. The topological polar surface area (TPSA) is 97.1 Å². The molecule has 7 heteroatoms. The van der Waals surface area contributed by atoms with E-state index in [0.29, 0.717) is 0 Å². The lowest BCUT2D eigenvalue weighted by molar-refractivity contribution is -0.116. The molecule has 7 nitrogen and oxygen atoms in total. The van der Waals surface area contributed by atoms with Crippen LogP contribution >= 0.6 is 0 Å². The lowest BCUT2D eigenvalue weighted by atomic mass is 10.2. The zero-order chi connectivity index (χ0) is 13.0. The van der Waals surface area contributed by atoms with Crippen LogP contribution in [0.25, 0.3) is 0 Å². The molecule has 18 heavy (non-hydrogen) atoms. The first-order chi connectivity index (χ1) is 8.65. The average Bonchev–Trinajstić information content (AvgIpc) is 2.82. The minimum Gasteiger partial charge on any atom is -0.478 e. The fourth-order valence-corrected chi connectivity index (χ4v) is 1.36. The van der Waals surface area contributed by atoms with Crippen LogP contribution in [0.5, 0.6) is 0 Å². The van der Waals surface area contributed by atoms with Crippen LogP contribution in [0.2, 0.25) is 0 Å². The quantitative estimate of drug-likeness (QED) is 0.824. The lowest BCUT2D eigenvalue weighted by Gasteiger charge is -2.05. The summed E-state index contributed by atoms with van der Waals surface area (Å²) < 4.78 is 1.45. The van der Waals surface area contributed by atoms with Crippen LogP contribution in [0.4, 0.5) is 5.82 Å². The Kier molecular flexibility index (Phi) is 3.33. The van der Waals surface area contributed by atoms with Crippen molar-refractivity contribution in [3.63, 3.8) is 0 Å². The van der Waals surface area contributed by atoms with Crippen molar-refractivity contribution in [1.29, 1.82) is 0 Å². The number of amides is 1. The van der Waals surface area contributed by atoms with E-state index in [-0.39, 0.29) is 23.8 Å². The van der Waals surface area contributed by atoms with E-state index < -0.39 is 5.97 Å². The molecular formula is C11H10N4O3. The number of aromatic carboxylic acids is 1. The lowest BCUT2D eigenvalue weighted by Crippen LogP contribution is -2.19. The number of pyridine rings is 1. The molecule has 0 aliphatic heterocycles. The molecule has 1 amide bonds. The molecule has 0 saturated heterocycles. The first-order valence-corrected chi connectivity index (χ1v) is 5.12. The van der Waals surface area contributed by atoms with Crippen molar-refractivity contribution < 1.29 is 14.7 Å². The van der Waals surface area contributed by atoms with Gasteiger partial charge in [-0.05, 0) is 18.2 Å². The number of carbonyl (C=O) groups excluding carboxylic acids is 1. The number of carboxylic acid groups (broad SMARTS) is 1. The van der Waals surface area contributed by atoms with Crippen LogP contribution < -0.4 is 5.32 Å². The summed E-state index contributed by atoms with van der Waals surface area (Å²) >= 11 is 0. The first kappa shape index (κ1) is 11.8. The second-order valence-corrected chi connectivity index (χ2v) is 3.49. The Labute approximate surface area is 102 Å². The smallest absolute Gasteiger partial charge is 0.335 e. The molecule has 0 aliphatic carbocycles. The minimum atomic E-state index is -1.07. The van der Waals surface area contributed by atoms with Crippen molar-refractivity contribution in [1.82, 2.24) is 14.8 Å². The van der Waals surface area contributed by atoms with Crippen LogP contribution in [0.15, 0.2) is 36.8 Å². The largest absolute Gasteiger partial charge is 0.478 e. The molecule has 92 valence electrons. The van der Waals surface area contributed by atoms with Gasteiger partial charge in [0.2, 0.25) is 5.91 Å². The van der Waals surface area contributed by atoms with E-state index in [0.717, 1.165) is 0 Å². The summed E-state index contributed by atoms with van der Waals surface area (Å²) in [5, 5.41) is 15.2. The molecule has 0 unspecified atom stereocenters. The maximum absolute atomic E-state index is 11.6. The molecular weight excluding hydrogens is 236 g/mol. The van der Waals surface area contributed by atoms with Gasteiger partial charge in [-0.1, -0.05) is 0 Å². The van der Waals surface area contributed by atoms with Crippen LogP contribution in [0.3, 0.4) is 0 Å². The summed E-state index contributed by atoms with van der Waals surface area (Å²) in [6.45, 7) is 0.0476. The third-order valence-corrected chi connectivity index (χ3v) is 2.14. The number of nitrogens with one attached hydrogen (secondary N) is 1. The van der Waals surface area contributed by atoms with Gasteiger partial charge in [-0.3, -0.25) is 9.48 Å². The Hall–Kier alpha value is -2.70. The predicted molar refractivity (Wildman–Crippen MR) is 62.1 cm³/mol. The van der Waals surface area contributed by atoms with Gasteiger partial charge < -0.3 is 10.4 Å². The average molecular weight is 246 g/mol. The van der Waals surface area contributed by atoms with Crippen molar-refractivity contribution in [3.05, 3.63) is 42.4 Å². The zero-order valence-electron chi connectivity index (χ0n) is 9.28. The van der Waals surface area contributed by atoms with E-state index in [9.17, 15) is 9.59 Å². The van der Waals surface area contributed by atoms with Crippen molar-refractivity contribution in [2.75, 3.05) is 5.32 Å². The molecule has 2 aromatic heterocycles. The van der Waals surface area contributed by atoms with Gasteiger partial charge in [0.05, 0.1) is 5.56 Å². The van der Waals surface area contributed by atoms with Gasteiger partial charge in [0.1, 0.15) is 12.4 Å². The SMILES string of the molecule is O=C(Cn1cccn1)Nc1cc(C(=O)O)ccn1. The summed E-state index contributed by atoms with van der Waals surface area (Å²) in [6, 6.07) is 4.35. The standard InChI is InChI=1S/C11H10N4O3/c16-10(7-15-5-1-3-13-15)14-9-6-8(11(17)18)2-4-12-9/h1-6H,7H2,(H,17,18)(H,12,14,16). The highest BCUT2D eigenvalue weighted by Crippen LogP contribution is 2.06. The van der Waals surface area contributed by atoms with Crippen molar-refractivity contribution >= 4 is 17.7 Å². The van der Waals surface area contributed by atoms with Gasteiger partial charge in [0.25, 0.3) is 0 Å². The molecule has 0 atom stereocenters. The Morgan fingerprint density at radius 2 is 2.22 bits per heavy atom. The summed E-state index contributed by atoms with van der Waals surface area (Å²) in [6.07, 6.45) is 4.55. The monoisotopic (exact) mass is 246 g/mol. The molecule has 0 fully saturated rings. The van der Waals surface area contributed by atoms with Gasteiger partial charge in [-0.25, -0.2) is 9.78 Å². The number of carboxylic acids is 1. The molecule has 0 spiro atoms. The summed E-state index contributed by atoms with van der Waals surface area (Å²) in [5.41, 5.74) is 0.0689. The number of hydrogen-bond acceptors (Lipinski definition) is 4. The highest BCUT2D eigenvalue weighted by Gasteiger charge is 2.07. The molecule has 2 heterocycles. The van der Waals surface area contributed by atoms with Crippen LogP contribution in [0.1, 0.15) is 10.4 Å². The highest BCUT2D eigenvalue weighted by molar-refractivity contribution is 5.92. The van der Waals surface area contributed by atoms with E-state index in [4.69, 9.17) is 5.11 Å². The van der Waals surface area contributed by atoms with Crippen molar-refractivity contribution in [2.45, 2.75) is 6.54 Å². The van der Waals surface area contributed by atoms with Crippen LogP contribution in [-0.2, 0) is 11.3 Å². The number of hydrogen-bond donors (Lipinski definition) is 2. The zero-order valence-corrected chi connectivity index (χ0v) is 9.28. The Morgan fingerprint density at radius 3 is 2.89 bits per heavy atom. The van der Waals surface area contributed by atoms with E-state index in [2.05, 4.69) is 15.4 Å². The highest BCUT2D eigenvalue weighted by atomic mass is 16.4. The number of anilines is 1. The minimum absolute atomic E-state index is 0.0476.